The second-order valence-corrected chi connectivity index (χ2v) is 7.60. The van der Waals surface area contributed by atoms with Crippen molar-refractivity contribution in [1.29, 1.82) is 0 Å². The summed E-state index contributed by atoms with van der Waals surface area (Å²) >= 11 is 3.58. The lowest BCUT2D eigenvalue weighted by Gasteiger charge is -2.42. The van der Waals surface area contributed by atoms with Crippen molar-refractivity contribution in [2.24, 2.45) is 0 Å². The molecular weight excluding hydrogens is 378 g/mol. The van der Waals surface area contributed by atoms with E-state index in [-0.39, 0.29) is 18.3 Å². The Morgan fingerprint density at radius 2 is 1.87 bits per heavy atom. The molecule has 1 aromatic carbocycles. The van der Waals surface area contributed by atoms with Crippen LogP contribution in [0.3, 0.4) is 0 Å². The molecule has 1 heterocycles. The molecule has 0 bridgehead atoms. The van der Waals surface area contributed by atoms with Crippen molar-refractivity contribution in [2.75, 3.05) is 32.8 Å². The lowest BCUT2D eigenvalue weighted by molar-refractivity contribution is -0.0414. The zero-order chi connectivity index (χ0) is 15.4. The zero-order valence-corrected chi connectivity index (χ0v) is 15.9. The van der Waals surface area contributed by atoms with Crippen LogP contribution in [-0.2, 0) is 4.74 Å². The molecule has 2 aliphatic rings. The fourth-order valence-corrected chi connectivity index (χ4v) is 4.28. The van der Waals surface area contributed by atoms with Crippen LogP contribution >= 0.6 is 28.3 Å². The molecule has 1 saturated heterocycles. The average Bonchev–Trinajstić information content (AvgIpc) is 2.54. The number of morpholine rings is 1. The minimum absolute atomic E-state index is 0. The quantitative estimate of drug-likeness (QED) is 0.824. The topological polar surface area (TPSA) is 32.7 Å². The van der Waals surface area contributed by atoms with Gasteiger partial charge < -0.3 is 9.84 Å². The van der Waals surface area contributed by atoms with E-state index in [1.54, 1.807) is 0 Å². The first kappa shape index (κ1) is 19.2. The van der Waals surface area contributed by atoms with Gasteiger partial charge in [-0.1, -0.05) is 47.3 Å². The molecule has 1 saturated carbocycles. The predicted molar refractivity (Wildman–Crippen MR) is 99.4 cm³/mol. The van der Waals surface area contributed by atoms with Gasteiger partial charge in [-0.15, -0.1) is 12.4 Å². The largest absolute Gasteiger partial charge is 0.389 e. The summed E-state index contributed by atoms with van der Waals surface area (Å²) in [5, 5.41) is 11.3. The molecule has 23 heavy (non-hydrogen) atoms. The van der Waals surface area contributed by atoms with Crippen molar-refractivity contribution in [3.8, 4) is 0 Å². The summed E-state index contributed by atoms with van der Waals surface area (Å²) in [5.74, 6) is 0.184. The normalized spacial score (nSPS) is 23.0. The number of aliphatic hydroxyl groups is 1. The molecule has 1 atom stereocenters. The summed E-state index contributed by atoms with van der Waals surface area (Å²) in [6.07, 6.45) is 5.39. The molecule has 1 aliphatic heterocycles. The Kier molecular flexibility index (Phi) is 7.36. The van der Waals surface area contributed by atoms with Crippen molar-refractivity contribution in [2.45, 2.75) is 43.6 Å². The lowest BCUT2D eigenvalue weighted by Crippen LogP contribution is -2.47. The van der Waals surface area contributed by atoms with Gasteiger partial charge in [0.2, 0.25) is 0 Å². The van der Waals surface area contributed by atoms with Crippen LogP contribution in [-0.4, -0.2) is 48.5 Å². The first-order chi connectivity index (χ1) is 10.7. The van der Waals surface area contributed by atoms with Crippen LogP contribution in [0.15, 0.2) is 28.7 Å². The van der Waals surface area contributed by atoms with Crippen molar-refractivity contribution in [3.63, 3.8) is 0 Å². The Morgan fingerprint density at radius 1 is 1.17 bits per heavy atom. The van der Waals surface area contributed by atoms with E-state index >= 15 is 0 Å². The predicted octanol–water partition coefficient (Wildman–Crippen LogP) is 3.98. The highest BCUT2D eigenvalue weighted by atomic mass is 79.9. The number of nitrogens with zero attached hydrogens (tertiary/aromatic N) is 1. The molecule has 2 fully saturated rings. The van der Waals surface area contributed by atoms with E-state index in [0.717, 1.165) is 63.0 Å². The molecule has 1 unspecified atom stereocenters. The Hall–Kier alpha value is -0.130. The maximum Gasteiger partial charge on any atom is 0.0728 e. The molecule has 0 spiro atoms. The highest BCUT2D eigenvalue weighted by Gasteiger charge is 2.39. The highest BCUT2D eigenvalue weighted by Crippen LogP contribution is 2.41. The van der Waals surface area contributed by atoms with E-state index in [1.807, 2.05) is 0 Å². The molecule has 3 rings (SSSR count). The van der Waals surface area contributed by atoms with Gasteiger partial charge in [-0.05, 0) is 30.5 Å². The van der Waals surface area contributed by atoms with E-state index < -0.39 is 5.60 Å². The minimum Gasteiger partial charge on any atom is -0.389 e. The Labute approximate surface area is 153 Å². The summed E-state index contributed by atoms with van der Waals surface area (Å²) in [5.41, 5.74) is 0.697. The van der Waals surface area contributed by atoms with Crippen molar-refractivity contribution >= 4 is 28.3 Å². The third kappa shape index (κ3) is 4.93. The number of rotatable bonds is 4. The van der Waals surface area contributed by atoms with E-state index in [9.17, 15) is 5.11 Å². The van der Waals surface area contributed by atoms with E-state index in [0.29, 0.717) is 0 Å². The van der Waals surface area contributed by atoms with Crippen LogP contribution < -0.4 is 0 Å². The Bertz CT molecular complexity index is 488. The third-order valence-corrected chi connectivity index (χ3v) is 5.66. The summed E-state index contributed by atoms with van der Waals surface area (Å²) in [6.45, 7) is 4.49. The summed E-state index contributed by atoms with van der Waals surface area (Å²) in [4.78, 5) is 2.45. The van der Waals surface area contributed by atoms with Crippen LogP contribution in [0.25, 0.3) is 0 Å². The highest BCUT2D eigenvalue weighted by molar-refractivity contribution is 9.10. The Morgan fingerprint density at radius 3 is 2.52 bits per heavy atom. The van der Waals surface area contributed by atoms with Crippen LogP contribution in [0.5, 0.6) is 0 Å². The van der Waals surface area contributed by atoms with Gasteiger partial charge in [-0.25, -0.2) is 0 Å². The van der Waals surface area contributed by atoms with Crippen LogP contribution in [0, 0.1) is 0 Å². The van der Waals surface area contributed by atoms with Crippen LogP contribution in [0.4, 0.5) is 0 Å². The fraction of sp³-hybridized carbons (Fsp3) is 0.667. The van der Waals surface area contributed by atoms with Crippen molar-refractivity contribution < 1.29 is 9.84 Å². The number of hydrogen-bond donors (Lipinski definition) is 1. The average molecular weight is 405 g/mol. The van der Waals surface area contributed by atoms with Gasteiger partial charge in [-0.3, -0.25) is 4.90 Å². The Balaban J connectivity index is 0.00000192. The third-order valence-electron chi connectivity index (χ3n) is 5.16. The van der Waals surface area contributed by atoms with Gasteiger partial charge in [0.25, 0.3) is 0 Å². The molecule has 130 valence electrons. The van der Waals surface area contributed by atoms with Gasteiger partial charge in [-0.2, -0.15) is 0 Å². The SMILES string of the molecule is Cl.OC1(C(CN2CCOCC2)c2cccc(Br)c2)CCCCC1. The minimum atomic E-state index is -0.558. The number of ether oxygens (including phenoxy) is 1. The summed E-state index contributed by atoms with van der Waals surface area (Å²) in [6, 6.07) is 8.48. The van der Waals surface area contributed by atoms with E-state index in [4.69, 9.17) is 4.74 Å². The standard InChI is InChI=1S/C18H26BrNO2.ClH/c19-16-6-4-5-15(13-16)17(14-20-9-11-22-12-10-20)18(21)7-2-1-3-8-18;/h4-6,13,17,21H,1-3,7-12,14H2;1H. The molecule has 3 nitrogen and oxygen atoms in total. The number of hydrogen-bond acceptors (Lipinski definition) is 3. The van der Waals surface area contributed by atoms with Gasteiger partial charge in [0, 0.05) is 30.0 Å². The van der Waals surface area contributed by atoms with E-state index in [2.05, 4.69) is 45.1 Å². The number of benzene rings is 1. The summed E-state index contributed by atoms with van der Waals surface area (Å²) < 4.78 is 6.56. The first-order valence-electron chi connectivity index (χ1n) is 8.45. The lowest BCUT2D eigenvalue weighted by atomic mass is 9.72. The van der Waals surface area contributed by atoms with Crippen molar-refractivity contribution in [1.82, 2.24) is 4.90 Å². The molecule has 0 amide bonds. The molecule has 0 radical (unpaired) electrons. The second-order valence-electron chi connectivity index (χ2n) is 6.68. The monoisotopic (exact) mass is 403 g/mol. The zero-order valence-electron chi connectivity index (χ0n) is 13.5. The van der Waals surface area contributed by atoms with Gasteiger partial charge in [0.1, 0.15) is 0 Å². The molecule has 1 aromatic rings. The van der Waals surface area contributed by atoms with Crippen molar-refractivity contribution in [3.05, 3.63) is 34.3 Å². The first-order valence-corrected chi connectivity index (χ1v) is 9.25. The van der Waals surface area contributed by atoms with Gasteiger partial charge in [0.15, 0.2) is 0 Å². The smallest absolute Gasteiger partial charge is 0.0728 e. The van der Waals surface area contributed by atoms with Crippen LogP contribution in [0.1, 0.15) is 43.6 Å². The van der Waals surface area contributed by atoms with E-state index in [1.165, 1.54) is 12.0 Å². The molecule has 0 aromatic heterocycles. The molecular formula is C18H27BrClNO2. The maximum atomic E-state index is 11.3. The fourth-order valence-electron chi connectivity index (χ4n) is 3.86. The molecule has 1 N–H and O–H groups in total. The molecule has 5 heteroatoms. The van der Waals surface area contributed by atoms with Gasteiger partial charge >= 0.3 is 0 Å². The maximum absolute atomic E-state index is 11.3. The molecule has 1 aliphatic carbocycles. The van der Waals surface area contributed by atoms with Crippen LogP contribution in [0.2, 0.25) is 0 Å². The second kappa shape index (κ2) is 8.82. The van der Waals surface area contributed by atoms with Gasteiger partial charge in [0.05, 0.1) is 18.8 Å². The summed E-state index contributed by atoms with van der Waals surface area (Å²) in [7, 11) is 0. The number of halogens is 2.